The molecule has 2 heterocycles. The van der Waals surface area contributed by atoms with Gasteiger partial charge in [-0.2, -0.15) is 0 Å². The zero-order valence-corrected chi connectivity index (χ0v) is 16.5. The highest BCUT2D eigenvalue weighted by Crippen LogP contribution is 2.26. The van der Waals surface area contributed by atoms with Gasteiger partial charge in [-0.1, -0.05) is 11.6 Å². The fourth-order valence-corrected chi connectivity index (χ4v) is 4.28. The van der Waals surface area contributed by atoms with Crippen molar-refractivity contribution < 1.29 is 14.5 Å². The van der Waals surface area contributed by atoms with Gasteiger partial charge < -0.3 is 9.64 Å². The highest BCUT2D eigenvalue weighted by molar-refractivity contribution is 6.33. The zero-order chi connectivity index (χ0) is 19.6. The Morgan fingerprint density at radius 1 is 1.26 bits per heavy atom. The fourth-order valence-electron chi connectivity index (χ4n) is 4.08. The Labute approximate surface area is 164 Å². The van der Waals surface area contributed by atoms with Gasteiger partial charge in [-0.15, -0.1) is 0 Å². The molecule has 0 bridgehead atoms. The first-order chi connectivity index (χ1) is 12.8. The number of hydrogen-bond acceptors (Lipinski definition) is 5. The van der Waals surface area contributed by atoms with E-state index in [1.54, 1.807) is 4.90 Å². The van der Waals surface area contributed by atoms with Crippen LogP contribution >= 0.6 is 11.6 Å². The highest BCUT2D eigenvalue weighted by atomic mass is 35.5. The van der Waals surface area contributed by atoms with Crippen LogP contribution in [-0.2, 0) is 4.74 Å². The molecule has 0 N–H and O–H groups in total. The molecular formula is C19H26ClN3O4. The predicted octanol–water partition coefficient (Wildman–Crippen LogP) is 3.21. The second-order valence-corrected chi connectivity index (χ2v) is 8.04. The van der Waals surface area contributed by atoms with Gasteiger partial charge in [-0.05, 0) is 38.7 Å². The van der Waals surface area contributed by atoms with Crippen LogP contribution in [0.2, 0.25) is 5.02 Å². The molecule has 0 saturated carbocycles. The van der Waals surface area contributed by atoms with Crippen molar-refractivity contribution >= 4 is 23.2 Å². The summed E-state index contributed by atoms with van der Waals surface area (Å²) in [6, 6.07) is 4.00. The molecule has 1 aromatic rings. The van der Waals surface area contributed by atoms with Crippen molar-refractivity contribution in [1.29, 1.82) is 0 Å². The largest absolute Gasteiger partial charge is 0.373 e. The van der Waals surface area contributed by atoms with E-state index in [1.165, 1.54) is 18.2 Å². The minimum absolute atomic E-state index is 0.117. The fraction of sp³-hybridized carbons (Fsp3) is 0.632. The second kappa shape index (κ2) is 8.54. The van der Waals surface area contributed by atoms with E-state index in [0.717, 1.165) is 32.5 Å². The number of carbonyl (C=O) groups is 1. The molecule has 27 heavy (non-hydrogen) atoms. The van der Waals surface area contributed by atoms with Crippen LogP contribution in [0, 0.1) is 16.0 Å². The normalized spacial score (nSPS) is 24.8. The number of likely N-dealkylation sites (tertiary alicyclic amines) is 1. The number of rotatable bonds is 4. The number of piperidine rings is 1. The molecule has 7 nitrogen and oxygen atoms in total. The van der Waals surface area contributed by atoms with E-state index in [2.05, 4.69) is 18.7 Å². The van der Waals surface area contributed by atoms with Crippen molar-refractivity contribution in [1.82, 2.24) is 9.80 Å². The summed E-state index contributed by atoms with van der Waals surface area (Å²) in [5, 5.41) is 11.2. The number of morpholine rings is 1. The minimum Gasteiger partial charge on any atom is -0.373 e. The van der Waals surface area contributed by atoms with Crippen molar-refractivity contribution in [3.63, 3.8) is 0 Å². The summed E-state index contributed by atoms with van der Waals surface area (Å²) >= 11 is 6.11. The molecule has 2 aliphatic heterocycles. The number of benzene rings is 1. The van der Waals surface area contributed by atoms with Crippen molar-refractivity contribution in [2.45, 2.75) is 38.9 Å². The lowest BCUT2D eigenvalue weighted by atomic mass is 9.95. The molecule has 3 rings (SSSR count). The summed E-state index contributed by atoms with van der Waals surface area (Å²) in [6.07, 6.45) is 2.37. The standard InChI is InChI=1S/C19H26ClN3O4/c1-13-10-21(11-14(2)27-13)12-15-5-7-22(8-6-15)19(24)17-9-16(23(25)26)3-4-18(17)20/h3-4,9,13-15H,5-8,10-12H2,1-2H3. The maximum absolute atomic E-state index is 12.8. The molecule has 148 valence electrons. The van der Waals surface area contributed by atoms with Crippen LogP contribution < -0.4 is 0 Å². The Hall–Kier alpha value is -1.70. The lowest BCUT2D eigenvalue weighted by Gasteiger charge is -2.39. The number of amides is 1. The molecule has 1 aromatic carbocycles. The Morgan fingerprint density at radius 2 is 1.89 bits per heavy atom. The number of halogens is 1. The van der Waals surface area contributed by atoms with E-state index in [-0.39, 0.29) is 34.4 Å². The predicted molar refractivity (Wildman–Crippen MR) is 103 cm³/mol. The molecule has 2 unspecified atom stereocenters. The summed E-state index contributed by atoms with van der Waals surface area (Å²) in [5.74, 6) is 0.322. The molecule has 0 radical (unpaired) electrons. The van der Waals surface area contributed by atoms with Gasteiger partial charge in [0.15, 0.2) is 0 Å². The summed E-state index contributed by atoms with van der Waals surface area (Å²) in [4.78, 5) is 27.4. The maximum Gasteiger partial charge on any atom is 0.270 e. The minimum atomic E-state index is -0.510. The number of nitro benzene ring substituents is 1. The van der Waals surface area contributed by atoms with E-state index in [0.29, 0.717) is 19.0 Å². The van der Waals surface area contributed by atoms with Crippen molar-refractivity contribution in [2.75, 3.05) is 32.7 Å². The van der Waals surface area contributed by atoms with Crippen molar-refractivity contribution in [3.05, 3.63) is 38.9 Å². The molecule has 2 saturated heterocycles. The molecule has 2 fully saturated rings. The molecular weight excluding hydrogens is 370 g/mol. The highest BCUT2D eigenvalue weighted by Gasteiger charge is 2.29. The van der Waals surface area contributed by atoms with Gasteiger partial charge in [0.05, 0.1) is 27.7 Å². The monoisotopic (exact) mass is 395 g/mol. The summed E-state index contributed by atoms with van der Waals surface area (Å²) in [6.45, 7) is 8.44. The molecule has 0 aliphatic carbocycles. The number of hydrogen-bond donors (Lipinski definition) is 0. The molecule has 2 aliphatic rings. The Bertz CT molecular complexity index is 696. The first-order valence-electron chi connectivity index (χ1n) is 9.44. The third-order valence-corrected chi connectivity index (χ3v) is 5.63. The quantitative estimate of drug-likeness (QED) is 0.578. The van der Waals surface area contributed by atoms with E-state index in [9.17, 15) is 14.9 Å². The van der Waals surface area contributed by atoms with Gasteiger partial charge in [0.2, 0.25) is 0 Å². The number of carbonyl (C=O) groups excluding carboxylic acids is 1. The molecule has 2 atom stereocenters. The van der Waals surface area contributed by atoms with E-state index >= 15 is 0 Å². The average Bonchev–Trinajstić information content (AvgIpc) is 2.61. The van der Waals surface area contributed by atoms with Crippen molar-refractivity contribution in [3.8, 4) is 0 Å². The SMILES string of the molecule is CC1CN(CC2CCN(C(=O)c3cc([N+](=O)[O-])ccc3Cl)CC2)CC(C)O1. The molecule has 8 heteroatoms. The Balaban J connectivity index is 1.57. The first kappa shape index (κ1) is 20.0. The van der Waals surface area contributed by atoms with Crippen LogP contribution in [0.4, 0.5) is 5.69 Å². The first-order valence-corrected chi connectivity index (χ1v) is 9.82. The van der Waals surface area contributed by atoms with Gasteiger partial charge >= 0.3 is 0 Å². The number of nitro groups is 1. The van der Waals surface area contributed by atoms with Crippen LogP contribution in [0.3, 0.4) is 0 Å². The second-order valence-electron chi connectivity index (χ2n) is 7.63. The number of nitrogens with zero attached hydrogens (tertiary/aromatic N) is 3. The molecule has 0 spiro atoms. The molecule has 0 aromatic heterocycles. The van der Waals surface area contributed by atoms with E-state index in [1.807, 2.05) is 0 Å². The van der Waals surface area contributed by atoms with Crippen LogP contribution in [-0.4, -0.2) is 65.6 Å². The Morgan fingerprint density at radius 3 is 2.48 bits per heavy atom. The lowest BCUT2D eigenvalue weighted by molar-refractivity contribution is -0.384. The maximum atomic E-state index is 12.8. The van der Waals surface area contributed by atoms with Crippen LogP contribution in [0.25, 0.3) is 0 Å². The van der Waals surface area contributed by atoms with Gasteiger partial charge in [-0.25, -0.2) is 0 Å². The van der Waals surface area contributed by atoms with Gasteiger partial charge in [0.1, 0.15) is 0 Å². The Kier molecular flexibility index (Phi) is 6.34. The van der Waals surface area contributed by atoms with Crippen LogP contribution in [0.5, 0.6) is 0 Å². The van der Waals surface area contributed by atoms with Gasteiger partial charge in [0.25, 0.3) is 11.6 Å². The summed E-state index contributed by atoms with van der Waals surface area (Å²) < 4.78 is 5.79. The summed E-state index contributed by atoms with van der Waals surface area (Å²) in [7, 11) is 0. The molecule has 1 amide bonds. The summed E-state index contributed by atoms with van der Waals surface area (Å²) in [5.41, 5.74) is 0.0911. The third kappa shape index (κ3) is 4.97. The van der Waals surface area contributed by atoms with Crippen molar-refractivity contribution in [2.24, 2.45) is 5.92 Å². The smallest absolute Gasteiger partial charge is 0.270 e. The third-order valence-electron chi connectivity index (χ3n) is 5.30. The number of non-ortho nitro benzene ring substituents is 1. The van der Waals surface area contributed by atoms with Gasteiger partial charge in [0, 0.05) is 44.9 Å². The van der Waals surface area contributed by atoms with E-state index in [4.69, 9.17) is 16.3 Å². The van der Waals surface area contributed by atoms with E-state index < -0.39 is 4.92 Å². The van der Waals surface area contributed by atoms with Crippen LogP contribution in [0.15, 0.2) is 18.2 Å². The lowest BCUT2D eigenvalue weighted by Crippen LogP contribution is -2.48. The van der Waals surface area contributed by atoms with Gasteiger partial charge in [-0.3, -0.25) is 19.8 Å². The zero-order valence-electron chi connectivity index (χ0n) is 15.8. The topological polar surface area (TPSA) is 75.9 Å². The average molecular weight is 396 g/mol. The number of ether oxygens (including phenoxy) is 1. The van der Waals surface area contributed by atoms with Crippen LogP contribution in [0.1, 0.15) is 37.0 Å².